The number of nitrogens with two attached hydrogens (primary N) is 2. The van der Waals surface area contributed by atoms with Gasteiger partial charge in [0.1, 0.15) is 0 Å². The average Bonchev–Trinajstić information content (AvgIpc) is 1.37. The molecule has 4 N–H and O–H groups in total. The Labute approximate surface area is 319 Å². The third-order valence-corrected chi connectivity index (χ3v) is 0.167. The van der Waals surface area contributed by atoms with Crippen LogP contribution in [-0.2, 0) is 0 Å². The van der Waals surface area contributed by atoms with E-state index in [4.69, 9.17) is 11.5 Å². The summed E-state index contributed by atoms with van der Waals surface area (Å²) >= 11 is 0. The van der Waals surface area contributed by atoms with Crippen molar-refractivity contribution in [2.24, 2.45) is 11.5 Å². The minimum Gasteiger partial charge on any atom is -0.329 e. The summed E-state index contributed by atoms with van der Waals surface area (Å²) in [5.41, 5.74) is 9.81. The van der Waals surface area contributed by atoms with Crippen molar-refractivity contribution in [3.63, 3.8) is 0 Å². The quantitative estimate of drug-likeness (QED) is 0.496. The van der Waals surface area contributed by atoms with E-state index < -0.39 is 0 Å². The fraction of sp³-hybridized carbons (Fsp3) is 1.00. The van der Waals surface area contributed by atoms with E-state index in [-0.39, 0.29) is 308 Å². The van der Waals surface area contributed by atoms with Crippen molar-refractivity contribution >= 4 is 308 Å². The average molecular weight is 295 g/mol. The predicted molar refractivity (Wildman–Crippen MR) is 52.6 cm³/mol. The molecule has 0 heterocycles. The Kier molecular flexibility index (Phi) is 183. The van der Waals surface area contributed by atoms with Gasteiger partial charge in [0.2, 0.25) is 0 Å². The van der Waals surface area contributed by atoms with Gasteiger partial charge in [0.05, 0.1) is 0 Å². The molecule has 0 atom stereocenters. The number of hydrogen-bond donors (Lipinski definition) is 2. The minimum atomic E-state index is 0. The second-order valence-corrected chi connectivity index (χ2v) is 0.577. The summed E-state index contributed by atoms with van der Waals surface area (Å²) in [6.07, 6.45) is 0. The molecule has 0 bridgehead atoms. The molecule has 0 amide bonds. The molecule has 0 aliphatic carbocycles. The zero-order valence-electron chi connectivity index (χ0n) is 8.57. The van der Waals surface area contributed by atoms with Crippen LogP contribution in [0.25, 0.3) is 0 Å². The van der Waals surface area contributed by atoms with Crippen molar-refractivity contribution in [3.8, 4) is 0 Å². The summed E-state index contributed by atoms with van der Waals surface area (Å²) < 4.78 is 0. The van der Waals surface area contributed by atoms with Gasteiger partial charge in [-0.2, -0.15) is 0 Å². The molecule has 0 unspecified atom stereocenters. The Morgan fingerprint density at radius 2 is 0.600 bits per heavy atom. The predicted octanol–water partition coefficient (Wildman–Crippen LogP) is -3.38. The third kappa shape index (κ3) is 43.1. The van der Waals surface area contributed by atoms with Crippen LogP contribution in [0.3, 0.4) is 0 Å². The van der Waals surface area contributed by atoms with Crippen LogP contribution in [-0.4, -0.2) is 321 Å². The molecular formula is C2H8K6N2. The van der Waals surface area contributed by atoms with Crippen LogP contribution in [0.5, 0.6) is 0 Å². The van der Waals surface area contributed by atoms with E-state index in [9.17, 15) is 0 Å². The Hall–Kier alpha value is 9.74. The van der Waals surface area contributed by atoms with Gasteiger partial charge in [-0.1, -0.05) is 0 Å². The molecule has 0 spiro atoms. The Morgan fingerprint density at radius 3 is 0.600 bits per heavy atom. The van der Waals surface area contributed by atoms with Crippen molar-refractivity contribution in [3.05, 3.63) is 0 Å². The molecule has 6 radical (unpaired) electrons. The molecule has 0 aliphatic heterocycles. The summed E-state index contributed by atoms with van der Waals surface area (Å²) in [5, 5.41) is 0. The summed E-state index contributed by atoms with van der Waals surface area (Å²) in [7, 11) is 0. The molecule has 0 rings (SSSR count). The summed E-state index contributed by atoms with van der Waals surface area (Å²) in [5.74, 6) is 0. The van der Waals surface area contributed by atoms with E-state index in [1.807, 2.05) is 0 Å². The van der Waals surface area contributed by atoms with Crippen molar-refractivity contribution in [2.75, 3.05) is 13.1 Å². The van der Waals surface area contributed by atoms with Crippen molar-refractivity contribution in [1.29, 1.82) is 0 Å². The molecule has 0 saturated carbocycles. The Morgan fingerprint density at radius 1 is 0.500 bits per heavy atom. The molecule has 8 heteroatoms. The smallest absolute Gasteiger partial charge is 0.00461 e. The van der Waals surface area contributed by atoms with Crippen LogP contribution < -0.4 is 11.5 Å². The van der Waals surface area contributed by atoms with E-state index in [1.54, 1.807) is 0 Å². The second-order valence-electron chi connectivity index (χ2n) is 0.577. The molecule has 0 saturated heterocycles. The summed E-state index contributed by atoms with van der Waals surface area (Å²) in [6.45, 7) is 1.19. The Bertz CT molecular complexity index is 15.7. The van der Waals surface area contributed by atoms with Gasteiger partial charge in [-0.25, -0.2) is 0 Å². The van der Waals surface area contributed by atoms with Crippen LogP contribution in [0.15, 0.2) is 0 Å². The molecule has 0 aromatic heterocycles. The van der Waals surface area contributed by atoms with Gasteiger partial charge in [0.15, 0.2) is 0 Å². The summed E-state index contributed by atoms with van der Waals surface area (Å²) in [4.78, 5) is 0. The minimum absolute atomic E-state index is 0. The molecule has 0 fully saturated rings. The van der Waals surface area contributed by atoms with Crippen molar-refractivity contribution in [1.82, 2.24) is 0 Å². The van der Waals surface area contributed by atoms with Crippen LogP contribution in [0.4, 0.5) is 0 Å². The maximum atomic E-state index is 4.90. The van der Waals surface area contributed by atoms with E-state index in [2.05, 4.69) is 0 Å². The fourth-order valence-corrected chi connectivity index (χ4v) is 0. The molecule has 0 aliphatic rings. The zero-order chi connectivity index (χ0) is 3.41. The Balaban J connectivity index is -0.00000000300. The molecule has 0 aromatic rings. The fourth-order valence-electron chi connectivity index (χ4n) is 0. The van der Waals surface area contributed by atoms with Crippen LogP contribution in [0.2, 0.25) is 0 Å². The van der Waals surface area contributed by atoms with E-state index >= 15 is 0 Å². The van der Waals surface area contributed by atoms with Crippen LogP contribution >= 0.6 is 0 Å². The van der Waals surface area contributed by atoms with Crippen molar-refractivity contribution < 1.29 is 0 Å². The third-order valence-electron chi connectivity index (χ3n) is 0.167. The van der Waals surface area contributed by atoms with Crippen LogP contribution in [0.1, 0.15) is 0 Å². The van der Waals surface area contributed by atoms with E-state index in [0.29, 0.717) is 13.1 Å². The molecule has 32 valence electrons. The first-order valence-corrected chi connectivity index (χ1v) is 1.32. The molecule has 0 aromatic carbocycles. The SMILES string of the molecule is NCCN.[K].[K].[K].[K].[K].[K]. The van der Waals surface area contributed by atoms with E-state index in [1.165, 1.54) is 0 Å². The first-order valence-electron chi connectivity index (χ1n) is 1.32. The molecular weight excluding hydrogens is 287 g/mol. The normalized spacial score (nSPS) is 3.00. The topological polar surface area (TPSA) is 52.0 Å². The molecule has 10 heavy (non-hydrogen) atoms. The maximum Gasteiger partial charge on any atom is 0.00461 e. The number of rotatable bonds is 1. The zero-order valence-corrected chi connectivity index (χ0v) is 27.3. The van der Waals surface area contributed by atoms with Gasteiger partial charge < -0.3 is 11.5 Å². The standard InChI is InChI=1S/C2H8N2.6K/c3-1-2-4;;;;;;/h1-4H2;;;;;;. The van der Waals surface area contributed by atoms with E-state index in [0.717, 1.165) is 0 Å². The maximum absolute atomic E-state index is 4.90. The first-order chi connectivity index (χ1) is 1.91. The number of hydrogen-bond acceptors (Lipinski definition) is 2. The molecule has 2 nitrogen and oxygen atoms in total. The van der Waals surface area contributed by atoms with Gasteiger partial charge in [0.25, 0.3) is 0 Å². The second kappa shape index (κ2) is 42.8. The van der Waals surface area contributed by atoms with Gasteiger partial charge in [-0.15, -0.1) is 0 Å². The van der Waals surface area contributed by atoms with Crippen molar-refractivity contribution in [2.45, 2.75) is 0 Å². The van der Waals surface area contributed by atoms with Gasteiger partial charge >= 0.3 is 0 Å². The van der Waals surface area contributed by atoms with Gasteiger partial charge in [-0.05, 0) is 0 Å². The van der Waals surface area contributed by atoms with Gasteiger partial charge in [-0.3, -0.25) is 0 Å². The van der Waals surface area contributed by atoms with Crippen LogP contribution in [0, 0.1) is 0 Å². The monoisotopic (exact) mass is 294 g/mol. The first kappa shape index (κ1) is 42.7. The largest absolute Gasteiger partial charge is 0.329 e. The summed E-state index contributed by atoms with van der Waals surface area (Å²) in [6, 6.07) is 0. The van der Waals surface area contributed by atoms with Gasteiger partial charge in [0, 0.05) is 321 Å².